The Hall–Kier alpha value is -0.230. The number of halogens is 1. The Labute approximate surface area is 119 Å². The molecule has 1 aromatic carbocycles. The van der Waals surface area contributed by atoms with Crippen LogP contribution in [-0.4, -0.2) is 39.7 Å². The zero-order valence-corrected chi connectivity index (χ0v) is 12.9. The SMILES string of the molecule is CC(N)C(c1ccc(Br)cc1)N1CCS(=O)CC1. The van der Waals surface area contributed by atoms with Crippen molar-refractivity contribution in [1.29, 1.82) is 0 Å². The molecule has 0 aromatic heterocycles. The molecule has 3 nitrogen and oxygen atoms in total. The molecule has 2 atom stereocenters. The van der Waals surface area contributed by atoms with Crippen molar-refractivity contribution < 1.29 is 4.21 Å². The summed E-state index contributed by atoms with van der Waals surface area (Å²) in [5.41, 5.74) is 7.38. The van der Waals surface area contributed by atoms with Crippen molar-refractivity contribution >= 4 is 26.7 Å². The molecule has 1 fully saturated rings. The molecule has 0 aliphatic carbocycles. The molecule has 1 saturated heterocycles. The first kappa shape index (κ1) is 14.2. The lowest BCUT2D eigenvalue weighted by Crippen LogP contribution is -2.46. The molecular weight excluding hydrogens is 312 g/mol. The van der Waals surface area contributed by atoms with Crippen LogP contribution in [0.5, 0.6) is 0 Å². The Morgan fingerprint density at radius 3 is 2.33 bits per heavy atom. The van der Waals surface area contributed by atoms with Crippen LogP contribution in [0.1, 0.15) is 18.5 Å². The first-order valence-corrected chi connectivity index (χ1v) is 8.46. The number of nitrogens with zero attached hydrogens (tertiary/aromatic N) is 1. The van der Waals surface area contributed by atoms with E-state index in [9.17, 15) is 4.21 Å². The lowest BCUT2D eigenvalue weighted by atomic mass is 9.99. The highest BCUT2D eigenvalue weighted by molar-refractivity contribution is 9.10. The van der Waals surface area contributed by atoms with Gasteiger partial charge in [-0.15, -0.1) is 0 Å². The first-order chi connectivity index (χ1) is 8.58. The molecule has 0 radical (unpaired) electrons. The minimum Gasteiger partial charge on any atom is -0.326 e. The lowest BCUT2D eigenvalue weighted by molar-refractivity contribution is 0.193. The maximum absolute atomic E-state index is 11.4. The first-order valence-electron chi connectivity index (χ1n) is 6.18. The van der Waals surface area contributed by atoms with Crippen molar-refractivity contribution in [1.82, 2.24) is 4.90 Å². The number of rotatable bonds is 3. The fourth-order valence-corrected chi connectivity index (χ4v) is 3.78. The van der Waals surface area contributed by atoms with Gasteiger partial charge in [-0.2, -0.15) is 0 Å². The fraction of sp³-hybridized carbons (Fsp3) is 0.538. The van der Waals surface area contributed by atoms with E-state index in [1.165, 1.54) is 5.56 Å². The standard InChI is InChI=1S/C13H19BrN2OS/c1-10(15)13(11-2-4-12(14)5-3-11)16-6-8-18(17)9-7-16/h2-5,10,13H,6-9,15H2,1H3. The van der Waals surface area contributed by atoms with E-state index in [1.807, 2.05) is 19.1 Å². The zero-order chi connectivity index (χ0) is 13.1. The van der Waals surface area contributed by atoms with Crippen LogP contribution in [0.2, 0.25) is 0 Å². The lowest BCUT2D eigenvalue weighted by Gasteiger charge is -2.36. The quantitative estimate of drug-likeness (QED) is 0.920. The number of nitrogens with two attached hydrogens (primary N) is 1. The van der Waals surface area contributed by atoms with Gasteiger partial charge in [-0.1, -0.05) is 28.1 Å². The van der Waals surface area contributed by atoms with E-state index in [0.29, 0.717) is 0 Å². The van der Waals surface area contributed by atoms with E-state index in [0.717, 1.165) is 29.1 Å². The second-order valence-corrected chi connectivity index (χ2v) is 7.35. The van der Waals surface area contributed by atoms with Crippen LogP contribution < -0.4 is 5.73 Å². The van der Waals surface area contributed by atoms with Crippen molar-refractivity contribution in [3.8, 4) is 0 Å². The maximum Gasteiger partial charge on any atom is 0.0497 e. The van der Waals surface area contributed by atoms with Crippen molar-refractivity contribution in [2.24, 2.45) is 5.73 Å². The van der Waals surface area contributed by atoms with E-state index in [-0.39, 0.29) is 12.1 Å². The Balaban J connectivity index is 2.17. The predicted octanol–water partition coefficient (Wildman–Crippen LogP) is 1.90. The molecule has 0 spiro atoms. The Bertz CT molecular complexity index is 412. The molecule has 2 N–H and O–H groups in total. The Morgan fingerprint density at radius 1 is 1.28 bits per heavy atom. The van der Waals surface area contributed by atoms with Gasteiger partial charge in [0.15, 0.2) is 0 Å². The van der Waals surface area contributed by atoms with Gasteiger partial charge in [-0.05, 0) is 24.6 Å². The van der Waals surface area contributed by atoms with Crippen LogP contribution in [0.25, 0.3) is 0 Å². The van der Waals surface area contributed by atoms with Crippen LogP contribution in [0.4, 0.5) is 0 Å². The minimum atomic E-state index is -0.641. The summed E-state index contributed by atoms with van der Waals surface area (Å²) < 4.78 is 12.5. The average Bonchev–Trinajstić information content (AvgIpc) is 2.34. The summed E-state index contributed by atoms with van der Waals surface area (Å²) in [6.45, 7) is 3.78. The van der Waals surface area contributed by atoms with Gasteiger partial charge in [0.2, 0.25) is 0 Å². The average molecular weight is 331 g/mol. The Kier molecular flexibility index (Phi) is 4.95. The van der Waals surface area contributed by atoms with Crippen molar-refractivity contribution in [3.05, 3.63) is 34.3 Å². The monoisotopic (exact) mass is 330 g/mol. The number of benzene rings is 1. The normalized spacial score (nSPS) is 21.7. The van der Waals surface area contributed by atoms with Crippen LogP contribution in [0.3, 0.4) is 0 Å². The molecule has 0 amide bonds. The smallest absolute Gasteiger partial charge is 0.0497 e. The molecular formula is C13H19BrN2OS. The van der Waals surface area contributed by atoms with Gasteiger partial charge in [-0.3, -0.25) is 9.11 Å². The summed E-state index contributed by atoms with van der Waals surface area (Å²) in [7, 11) is -0.641. The van der Waals surface area contributed by atoms with Gasteiger partial charge in [0, 0.05) is 52.0 Å². The van der Waals surface area contributed by atoms with Gasteiger partial charge in [0.1, 0.15) is 0 Å². The summed E-state index contributed by atoms with van der Waals surface area (Å²) in [6, 6.07) is 8.61. The van der Waals surface area contributed by atoms with E-state index >= 15 is 0 Å². The van der Waals surface area contributed by atoms with Crippen molar-refractivity contribution in [2.75, 3.05) is 24.6 Å². The minimum absolute atomic E-state index is 0.0673. The largest absolute Gasteiger partial charge is 0.326 e. The third kappa shape index (κ3) is 3.41. The van der Waals surface area contributed by atoms with Crippen LogP contribution in [0, 0.1) is 0 Å². The van der Waals surface area contributed by atoms with E-state index < -0.39 is 10.8 Å². The van der Waals surface area contributed by atoms with Crippen LogP contribution >= 0.6 is 15.9 Å². The fourth-order valence-electron chi connectivity index (χ4n) is 2.44. The molecule has 1 heterocycles. The van der Waals surface area contributed by atoms with Gasteiger partial charge in [0.05, 0.1) is 0 Å². The molecule has 1 aliphatic heterocycles. The molecule has 5 heteroatoms. The van der Waals surface area contributed by atoms with E-state index in [1.54, 1.807) is 0 Å². The summed E-state index contributed by atoms with van der Waals surface area (Å²) in [5, 5.41) is 0. The molecule has 2 unspecified atom stereocenters. The van der Waals surface area contributed by atoms with Gasteiger partial charge < -0.3 is 5.73 Å². The zero-order valence-electron chi connectivity index (χ0n) is 10.5. The topological polar surface area (TPSA) is 46.3 Å². The summed E-state index contributed by atoms with van der Waals surface area (Å²) in [4.78, 5) is 2.36. The summed E-state index contributed by atoms with van der Waals surface area (Å²) in [6.07, 6.45) is 0. The second-order valence-electron chi connectivity index (χ2n) is 4.74. The molecule has 1 aliphatic rings. The Morgan fingerprint density at radius 2 is 1.83 bits per heavy atom. The van der Waals surface area contributed by atoms with Crippen molar-refractivity contribution in [2.45, 2.75) is 19.0 Å². The highest BCUT2D eigenvalue weighted by atomic mass is 79.9. The van der Waals surface area contributed by atoms with E-state index in [2.05, 4.69) is 33.0 Å². The number of hydrogen-bond acceptors (Lipinski definition) is 3. The van der Waals surface area contributed by atoms with Gasteiger partial charge >= 0.3 is 0 Å². The molecule has 100 valence electrons. The summed E-state index contributed by atoms with van der Waals surface area (Å²) >= 11 is 3.45. The summed E-state index contributed by atoms with van der Waals surface area (Å²) in [5.74, 6) is 1.53. The molecule has 18 heavy (non-hydrogen) atoms. The maximum atomic E-state index is 11.4. The molecule has 0 bridgehead atoms. The molecule has 0 saturated carbocycles. The van der Waals surface area contributed by atoms with Crippen LogP contribution in [0.15, 0.2) is 28.7 Å². The van der Waals surface area contributed by atoms with E-state index in [4.69, 9.17) is 5.73 Å². The van der Waals surface area contributed by atoms with Crippen molar-refractivity contribution in [3.63, 3.8) is 0 Å². The molecule has 1 aromatic rings. The third-order valence-electron chi connectivity index (χ3n) is 3.32. The third-order valence-corrected chi connectivity index (χ3v) is 5.12. The number of hydrogen-bond donors (Lipinski definition) is 1. The second kappa shape index (κ2) is 6.28. The molecule has 2 rings (SSSR count). The van der Waals surface area contributed by atoms with Crippen LogP contribution in [-0.2, 0) is 10.8 Å². The highest BCUT2D eigenvalue weighted by Gasteiger charge is 2.27. The highest BCUT2D eigenvalue weighted by Crippen LogP contribution is 2.26. The predicted molar refractivity (Wildman–Crippen MR) is 80.0 cm³/mol. The van der Waals surface area contributed by atoms with Gasteiger partial charge in [0.25, 0.3) is 0 Å². The van der Waals surface area contributed by atoms with Gasteiger partial charge in [-0.25, -0.2) is 0 Å².